The molecule has 1 aromatic heterocycles. The van der Waals surface area contributed by atoms with Gasteiger partial charge in [-0.3, -0.25) is 9.69 Å². The molecule has 0 radical (unpaired) electrons. The molecule has 0 unspecified atom stereocenters. The largest absolute Gasteiger partial charge is 0.297 e. The Kier molecular flexibility index (Phi) is 2.25. The highest BCUT2D eigenvalue weighted by Crippen LogP contribution is 2.17. The van der Waals surface area contributed by atoms with Crippen LogP contribution in [0.4, 0.5) is 5.82 Å². The first-order chi connectivity index (χ1) is 6.38. The maximum Gasteiger partial charge on any atom is 0.228 e. The van der Waals surface area contributed by atoms with Crippen molar-refractivity contribution in [2.24, 2.45) is 0 Å². The highest BCUT2D eigenvalue weighted by Gasteiger charge is 2.19. The van der Waals surface area contributed by atoms with Gasteiger partial charge >= 0.3 is 0 Å². The molecule has 0 N–H and O–H groups in total. The zero-order valence-electron chi connectivity index (χ0n) is 7.44. The number of aromatic nitrogens is 1. The molecule has 0 saturated carbocycles. The van der Waals surface area contributed by atoms with E-state index in [2.05, 4.69) is 4.98 Å². The fourth-order valence-electron chi connectivity index (χ4n) is 1.56. The Morgan fingerprint density at radius 1 is 1.31 bits per heavy atom. The number of anilines is 1. The second-order valence-corrected chi connectivity index (χ2v) is 3.19. The van der Waals surface area contributed by atoms with Gasteiger partial charge in [0.15, 0.2) is 0 Å². The molecule has 13 heavy (non-hydrogen) atoms. The van der Waals surface area contributed by atoms with Crippen molar-refractivity contribution in [3.8, 4) is 0 Å². The first kappa shape index (κ1) is 8.23. The minimum Gasteiger partial charge on any atom is -0.297 e. The number of carbonyl (C=O) groups excluding carboxylic acids is 1. The molecule has 1 fully saturated rings. The summed E-state index contributed by atoms with van der Waals surface area (Å²) in [6, 6.07) is 5.64. The maximum absolute atomic E-state index is 11.5. The smallest absolute Gasteiger partial charge is 0.228 e. The molecule has 0 aromatic carbocycles. The molecule has 0 aliphatic carbocycles. The summed E-state index contributed by atoms with van der Waals surface area (Å²) >= 11 is 0. The van der Waals surface area contributed by atoms with Gasteiger partial charge < -0.3 is 0 Å². The molecule has 0 bridgehead atoms. The molecule has 2 rings (SSSR count). The number of pyridine rings is 1. The molecule has 1 amide bonds. The Morgan fingerprint density at radius 3 is 2.92 bits per heavy atom. The Labute approximate surface area is 77.4 Å². The summed E-state index contributed by atoms with van der Waals surface area (Å²) in [7, 11) is 0. The standard InChI is InChI=1S/C10H12N2O/c13-10-6-2-4-8-12(10)9-5-1-3-7-11-9/h1,3,5,7H,2,4,6,8H2. The summed E-state index contributed by atoms with van der Waals surface area (Å²) in [5.74, 6) is 0.983. The number of hydrogen-bond acceptors (Lipinski definition) is 2. The van der Waals surface area contributed by atoms with E-state index in [4.69, 9.17) is 0 Å². The third-order valence-corrected chi connectivity index (χ3v) is 2.25. The number of amides is 1. The van der Waals surface area contributed by atoms with Gasteiger partial charge in [0.05, 0.1) is 0 Å². The van der Waals surface area contributed by atoms with Crippen molar-refractivity contribution in [1.82, 2.24) is 4.98 Å². The van der Waals surface area contributed by atoms with Crippen LogP contribution < -0.4 is 4.90 Å². The minimum absolute atomic E-state index is 0.199. The SMILES string of the molecule is O=C1CCCCN1c1ccccn1. The van der Waals surface area contributed by atoms with Crippen LogP contribution in [0.1, 0.15) is 19.3 Å². The van der Waals surface area contributed by atoms with E-state index in [0.717, 1.165) is 25.2 Å². The van der Waals surface area contributed by atoms with Crippen LogP contribution in [0.2, 0.25) is 0 Å². The normalized spacial score (nSPS) is 17.5. The third-order valence-electron chi connectivity index (χ3n) is 2.25. The van der Waals surface area contributed by atoms with Gasteiger partial charge in [-0.05, 0) is 25.0 Å². The number of nitrogens with zero attached hydrogens (tertiary/aromatic N) is 2. The Morgan fingerprint density at radius 2 is 2.23 bits per heavy atom. The van der Waals surface area contributed by atoms with Gasteiger partial charge in [-0.15, -0.1) is 0 Å². The lowest BCUT2D eigenvalue weighted by atomic mass is 10.1. The van der Waals surface area contributed by atoms with E-state index in [1.54, 1.807) is 11.1 Å². The van der Waals surface area contributed by atoms with Crippen molar-refractivity contribution >= 4 is 11.7 Å². The molecule has 2 heterocycles. The van der Waals surface area contributed by atoms with Crippen molar-refractivity contribution in [1.29, 1.82) is 0 Å². The van der Waals surface area contributed by atoms with E-state index in [0.29, 0.717) is 6.42 Å². The number of rotatable bonds is 1. The van der Waals surface area contributed by atoms with Crippen LogP contribution in [-0.2, 0) is 4.79 Å². The Hall–Kier alpha value is -1.38. The molecule has 68 valence electrons. The topological polar surface area (TPSA) is 33.2 Å². The molecule has 1 saturated heterocycles. The van der Waals surface area contributed by atoms with E-state index in [9.17, 15) is 4.79 Å². The highest BCUT2D eigenvalue weighted by molar-refractivity contribution is 5.92. The van der Waals surface area contributed by atoms with Crippen LogP contribution in [0, 0.1) is 0 Å². The maximum atomic E-state index is 11.5. The van der Waals surface area contributed by atoms with Crippen LogP contribution in [0.15, 0.2) is 24.4 Å². The van der Waals surface area contributed by atoms with Gasteiger partial charge in [0.25, 0.3) is 0 Å². The van der Waals surface area contributed by atoms with Gasteiger partial charge in [-0.1, -0.05) is 6.07 Å². The quantitative estimate of drug-likeness (QED) is 0.651. The summed E-state index contributed by atoms with van der Waals surface area (Å²) in [6.45, 7) is 0.815. The first-order valence-electron chi connectivity index (χ1n) is 4.59. The van der Waals surface area contributed by atoms with Gasteiger partial charge in [-0.2, -0.15) is 0 Å². The molecule has 0 atom stereocenters. The van der Waals surface area contributed by atoms with Crippen LogP contribution in [-0.4, -0.2) is 17.4 Å². The summed E-state index contributed by atoms with van der Waals surface area (Å²) in [6.07, 6.45) is 4.48. The predicted molar refractivity (Wildman–Crippen MR) is 50.4 cm³/mol. The van der Waals surface area contributed by atoms with E-state index in [1.807, 2.05) is 18.2 Å². The summed E-state index contributed by atoms with van der Waals surface area (Å²) in [4.78, 5) is 17.4. The van der Waals surface area contributed by atoms with Gasteiger partial charge in [0.2, 0.25) is 5.91 Å². The summed E-state index contributed by atoms with van der Waals surface area (Å²) in [5.41, 5.74) is 0. The van der Waals surface area contributed by atoms with Crippen molar-refractivity contribution in [3.05, 3.63) is 24.4 Å². The lowest BCUT2D eigenvalue weighted by Gasteiger charge is -2.25. The van der Waals surface area contributed by atoms with E-state index >= 15 is 0 Å². The average Bonchev–Trinajstić information content (AvgIpc) is 2.20. The van der Waals surface area contributed by atoms with Crippen LogP contribution >= 0.6 is 0 Å². The monoisotopic (exact) mass is 176 g/mol. The average molecular weight is 176 g/mol. The van der Waals surface area contributed by atoms with Crippen molar-refractivity contribution < 1.29 is 4.79 Å². The molecule has 1 aromatic rings. The van der Waals surface area contributed by atoms with Gasteiger partial charge in [0.1, 0.15) is 5.82 Å². The number of hydrogen-bond donors (Lipinski definition) is 0. The lowest BCUT2D eigenvalue weighted by Crippen LogP contribution is -2.35. The fourth-order valence-corrected chi connectivity index (χ4v) is 1.56. The second kappa shape index (κ2) is 3.56. The lowest BCUT2D eigenvalue weighted by molar-refractivity contribution is -0.119. The predicted octanol–water partition coefficient (Wildman–Crippen LogP) is 1.60. The molecule has 1 aliphatic rings. The minimum atomic E-state index is 0.199. The Balaban J connectivity index is 2.20. The zero-order chi connectivity index (χ0) is 9.10. The Bertz CT molecular complexity index is 297. The fraction of sp³-hybridized carbons (Fsp3) is 0.400. The van der Waals surface area contributed by atoms with E-state index in [1.165, 1.54) is 0 Å². The zero-order valence-corrected chi connectivity index (χ0v) is 7.44. The van der Waals surface area contributed by atoms with Crippen molar-refractivity contribution in [3.63, 3.8) is 0 Å². The van der Waals surface area contributed by atoms with Crippen molar-refractivity contribution in [2.75, 3.05) is 11.4 Å². The summed E-state index contributed by atoms with van der Waals surface area (Å²) in [5, 5.41) is 0. The summed E-state index contributed by atoms with van der Waals surface area (Å²) < 4.78 is 0. The highest BCUT2D eigenvalue weighted by atomic mass is 16.2. The molecular formula is C10H12N2O. The second-order valence-electron chi connectivity index (χ2n) is 3.19. The molecule has 0 spiro atoms. The van der Waals surface area contributed by atoms with Crippen LogP contribution in [0.25, 0.3) is 0 Å². The molecule has 1 aliphatic heterocycles. The van der Waals surface area contributed by atoms with E-state index < -0.39 is 0 Å². The first-order valence-corrected chi connectivity index (χ1v) is 4.59. The molecule has 3 heteroatoms. The van der Waals surface area contributed by atoms with E-state index in [-0.39, 0.29) is 5.91 Å². The molecule has 3 nitrogen and oxygen atoms in total. The van der Waals surface area contributed by atoms with Crippen LogP contribution in [0.5, 0.6) is 0 Å². The molecular weight excluding hydrogens is 164 g/mol. The number of piperidine rings is 1. The number of carbonyl (C=O) groups is 1. The van der Waals surface area contributed by atoms with Gasteiger partial charge in [0, 0.05) is 19.2 Å². The van der Waals surface area contributed by atoms with Gasteiger partial charge in [-0.25, -0.2) is 4.98 Å². The van der Waals surface area contributed by atoms with Crippen LogP contribution in [0.3, 0.4) is 0 Å². The van der Waals surface area contributed by atoms with Crippen molar-refractivity contribution in [2.45, 2.75) is 19.3 Å². The third kappa shape index (κ3) is 1.69.